The summed E-state index contributed by atoms with van der Waals surface area (Å²) in [6, 6.07) is 38.1. The van der Waals surface area contributed by atoms with E-state index in [1.807, 2.05) is 24.8 Å². The van der Waals surface area contributed by atoms with Crippen molar-refractivity contribution in [3.8, 4) is 55.8 Å². The Morgan fingerprint density at radius 1 is 0.543 bits per heavy atom. The molecule has 7 rings (SSSR count). The normalized spacial score (nSPS) is 18.5. The third-order valence-electron chi connectivity index (χ3n) is 10.7. The highest BCUT2D eigenvalue weighted by Crippen LogP contribution is 2.52. The third kappa shape index (κ3) is 4.86. The second kappa shape index (κ2) is 12.1. The Morgan fingerprint density at radius 2 is 1.11 bits per heavy atom. The van der Waals surface area contributed by atoms with Crippen molar-refractivity contribution in [2.45, 2.75) is 64.3 Å². The van der Waals surface area contributed by atoms with E-state index in [0.717, 1.165) is 30.4 Å². The Labute approximate surface area is 273 Å². The third-order valence-corrected chi connectivity index (χ3v) is 10.7. The predicted octanol–water partition coefficient (Wildman–Crippen LogP) is 10.7. The monoisotopic (exact) mass is 600 g/mol. The van der Waals surface area contributed by atoms with Gasteiger partial charge in [-0.25, -0.2) is 0 Å². The molecule has 4 heterocycles. The summed E-state index contributed by atoms with van der Waals surface area (Å²) in [4.78, 5) is 8.50. The van der Waals surface area contributed by atoms with Gasteiger partial charge in [-0.15, -0.1) is 0 Å². The van der Waals surface area contributed by atoms with Gasteiger partial charge in [0, 0.05) is 49.8 Å². The Balaban J connectivity index is 1.36. The van der Waals surface area contributed by atoms with Crippen molar-refractivity contribution in [2.75, 3.05) is 0 Å². The largest absolute Gasteiger partial charge is 0.265 e. The molecule has 0 N–H and O–H groups in total. The number of fused-ring (bicyclic) bond motifs is 3. The van der Waals surface area contributed by atoms with Gasteiger partial charge in [0.2, 0.25) is 5.69 Å². The lowest BCUT2D eigenvalue weighted by Crippen LogP contribution is -2.69. The van der Waals surface area contributed by atoms with Crippen LogP contribution in [0.4, 0.5) is 0 Å². The maximum absolute atomic E-state index is 4.25. The SMILES string of the molecule is CCCC1(CC)[n+]2ccccc2-c2cc(-c3cccc(-c4cc(-c5ccncc5)cc(-c5ccncc5)c4)c3)ccc2C1(C)CC. The van der Waals surface area contributed by atoms with Gasteiger partial charge in [0.15, 0.2) is 11.7 Å². The molecule has 1 aliphatic rings. The molecule has 0 saturated heterocycles. The molecule has 2 atom stereocenters. The van der Waals surface area contributed by atoms with E-state index in [9.17, 15) is 0 Å². The molecule has 0 fully saturated rings. The lowest BCUT2D eigenvalue weighted by molar-refractivity contribution is -0.770. The fourth-order valence-corrected chi connectivity index (χ4v) is 8.13. The summed E-state index contributed by atoms with van der Waals surface area (Å²) in [5.74, 6) is 0. The molecule has 2 unspecified atom stereocenters. The molecule has 0 radical (unpaired) electrons. The maximum atomic E-state index is 4.25. The molecule has 0 aliphatic carbocycles. The van der Waals surface area contributed by atoms with Gasteiger partial charge in [0.05, 0.1) is 11.0 Å². The molecule has 0 spiro atoms. The summed E-state index contributed by atoms with van der Waals surface area (Å²) in [6.45, 7) is 9.58. The van der Waals surface area contributed by atoms with E-state index >= 15 is 0 Å². The van der Waals surface area contributed by atoms with Gasteiger partial charge in [-0.1, -0.05) is 51.1 Å². The van der Waals surface area contributed by atoms with Crippen molar-refractivity contribution in [3.05, 3.63) is 140 Å². The van der Waals surface area contributed by atoms with Crippen LogP contribution in [0.5, 0.6) is 0 Å². The zero-order valence-electron chi connectivity index (χ0n) is 27.4. The van der Waals surface area contributed by atoms with E-state index in [-0.39, 0.29) is 11.0 Å². The first-order valence-electron chi connectivity index (χ1n) is 16.7. The van der Waals surface area contributed by atoms with E-state index in [2.05, 4.69) is 152 Å². The zero-order valence-corrected chi connectivity index (χ0v) is 27.4. The first-order valence-corrected chi connectivity index (χ1v) is 16.7. The quantitative estimate of drug-likeness (QED) is 0.163. The second-order valence-corrected chi connectivity index (χ2v) is 12.9. The summed E-state index contributed by atoms with van der Waals surface area (Å²) < 4.78 is 2.62. The van der Waals surface area contributed by atoms with Crippen LogP contribution in [0.3, 0.4) is 0 Å². The molecular weight excluding hydrogens is 558 g/mol. The summed E-state index contributed by atoms with van der Waals surface area (Å²) in [5.41, 5.74) is 13.7. The fourth-order valence-electron chi connectivity index (χ4n) is 8.13. The number of aromatic nitrogens is 3. The van der Waals surface area contributed by atoms with Crippen molar-refractivity contribution >= 4 is 0 Å². The van der Waals surface area contributed by atoms with Crippen LogP contribution in [-0.2, 0) is 11.0 Å². The number of hydrogen-bond acceptors (Lipinski definition) is 2. The Morgan fingerprint density at radius 3 is 1.70 bits per heavy atom. The van der Waals surface area contributed by atoms with Crippen molar-refractivity contribution in [1.29, 1.82) is 0 Å². The van der Waals surface area contributed by atoms with Crippen molar-refractivity contribution < 1.29 is 4.57 Å². The van der Waals surface area contributed by atoms with Gasteiger partial charge in [-0.3, -0.25) is 9.97 Å². The lowest BCUT2D eigenvalue weighted by Gasteiger charge is -2.48. The summed E-state index contributed by atoms with van der Waals surface area (Å²) in [6.07, 6.45) is 14.3. The van der Waals surface area contributed by atoms with Crippen LogP contribution in [0.2, 0.25) is 0 Å². The van der Waals surface area contributed by atoms with Gasteiger partial charge in [0.25, 0.3) is 0 Å². The van der Waals surface area contributed by atoms with Crippen LogP contribution >= 0.6 is 0 Å². The van der Waals surface area contributed by atoms with Crippen LogP contribution in [-0.4, -0.2) is 9.97 Å². The minimum absolute atomic E-state index is 0.0310. The average Bonchev–Trinajstić information content (AvgIpc) is 3.13. The standard InChI is InChI=1S/C43H42N3/c1-5-20-43(7-3)42(4,6-2)40-15-14-35(30-39(40)41-13-8-9-25-46(41)43)33-11-10-12-34(26-33)38-28-36(31-16-21-44-22-17-31)27-37(29-38)32-18-23-45-24-19-32/h8-19,21-30H,5-7,20H2,1-4H3/q+1. The van der Waals surface area contributed by atoms with E-state index in [0.29, 0.717) is 0 Å². The number of nitrogens with zero attached hydrogens (tertiary/aromatic N) is 3. The van der Waals surface area contributed by atoms with E-state index in [1.54, 1.807) is 0 Å². The van der Waals surface area contributed by atoms with Crippen molar-refractivity contribution in [1.82, 2.24) is 9.97 Å². The van der Waals surface area contributed by atoms with E-state index < -0.39 is 0 Å². The van der Waals surface area contributed by atoms with Crippen LogP contribution in [0.1, 0.15) is 58.9 Å². The molecule has 0 saturated carbocycles. The van der Waals surface area contributed by atoms with E-state index in [1.165, 1.54) is 56.6 Å². The van der Waals surface area contributed by atoms with Gasteiger partial charge in [-0.05, 0) is 131 Å². The van der Waals surface area contributed by atoms with Crippen molar-refractivity contribution in [2.24, 2.45) is 0 Å². The summed E-state index contributed by atoms with van der Waals surface area (Å²) in [7, 11) is 0. The predicted molar refractivity (Wildman–Crippen MR) is 190 cm³/mol. The first kappa shape index (κ1) is 29.8. The highest BCUT2D eigenvalue weighted by molar-refractivity contribution is 5.83. The number of pyridine rings is 3. The van der Waals surface area contributed by atoms with Crippen LogP contribution in [0, 0.1) is 0 Å². The molecule has 228 valence electrons. The zero-order chi connectivity index (χ0) is 31.7. The smallest absolute Gasteiger partial charge is 0.213 e. The molecule has 0 amide bonds. The molecule has 0 bridgehead atoms. The van der Waals surface area contributed by atoms with Gasteiger partial charge in [0.1, 0.15) is 0 Å². The van der Waals surface area contributed by atoms with Gasteiger partial charge in [-0.2, -0.15) is 4.57 Å². The Kier molecular flexibility index (Phi) is 7.86. The minimum Gasteiger partial charge on any atom is -0.265 e. The molecule has 3 heteroatoms. The Bertz CT molecular complexity index is 1940. The molecule has 1 aliphatic heterocycles. The minimum atomic E-state index is 0.0310. The lowest BCUT2D eigenvalue weighted by atomic mass is 9.58. The highest BCUT2D eigenvalue weighted by atomic mass is 15.1. The first-order chi connectivity index (χ1) is 22.5. The van der Waals surface area contributed by atoms with E-state index in [4.69, 9.17) is 0 Å². The molecule has 3 nitrogen and oxygen atoms in total. The van der Waals surface area contributed by atoms with Crippen LogP contribution in [0.15, 0.2) is 134 Å². The molecule has 3 aromatic heterocycles. The van der Waals surface area contributed by atoms with Crippen LogP contribution < -0.4 is 4.57 Å². The number of benzene rings is 3. The summed E-state index contributed by atoms with van der Waals surface area (Å²) in [5, 5.41) is 0. The van der Waals surface area contributed by atoms with Crippen molar-refractivity contribution in [3.63, 3.8) is 0 Å². The molecule has 3 aromatic carbocycles. The molecule has 46 heavy (non-hydrogen) atoms. The number of rotatable bonds is 8. The average molecular weight is 601 g/mol. The fraction of sp³-hybridized carbons (Fsp3) is 0.233. The second-order valence-electron chi connectivity index (χ2n) is 12.9. The van der Waals surface area contributed by atoms with Gasteiger partial charge < -0.3 is 0 Å². The highest BCUT2D eigenvalue weighted by Gasteiger charge is 2.58. The van der Waals surface area contributed by atoms with Gasteiger partial charge >= 0.3 is 0 Å². The Hall–Kier alpha value is -4.89. The van der Waals surface area contributed by atoms with Crippen LogP contribution in [0.25, 0.3) is 55.8 Å². The summed E-state index contributed by atoms with van der Waals surface area (Å²) >= 11 is 0. The maximum Gasteiger partial charge on any atom is 0.213 e. The number of hydrogen-bond donors (Lipinski definition) is 0. The molecule has 6 aromatic rings. The molecular formula is C43H42N3+. The topological polar surface area (TPSA) is 29.7 Å².